The van der Waals surface area contributed by atoms with Gasteiger partial charge in [0.1, 0.15) is 0 Å². The third kappa shape index (κ3) is 4.87. The standard InChI is InChI=1S/C23H21N3O3S/c1-16(2)17-9-11-19(12-10-17)24-23(30)21(25-13-4-3-5-14-25)22(27)18-7-6-8-20(15-18)26(28)29/h3-16H,1-2H3,(H-,24,27,30)/p+1. The van der Waals surface area contributed by atoms with Gasteiger partial charge in [-0.1, -0.05) is 56.4 Å². The fourth-order valence-electron chi connectivity index (χ4n) is 2.94. The van der Waals surface area contributed by atoms with Crippen molar-refractivity contribution in [2.75, 3.05) is 5.32 Å². The summed E-state index contributed by atoms with van der Waals surface area (Å²) < 4.78 is 1.67. The topological polar surface area (TPSA) is 79.3 Å². The Morgan fingerprint density at radius 3 is 2.33 bits per heavy atom. The highest BCUT2D eigenvalue weighted by atomic mass is 32.1. The number of nitrogens with one attached hydrogen (secondary N) is 1. The lowest BCUT2D eigenvalue weighted by molar-refractivity contribution is -0.575. The highest BCUT2D eigenvalue weighted by Gasteiger charge is 2.24. The molecular formula is C23H22N3O3S+. The molecule has 2 N–H and O–H groups in total. The second-order valence-electron chi connectivity index (χ2n) is 7.02. The summed E-state index contributed by atoms with van der Waals surface area (Å²) in [4.78, 5) is 10.9. The fraction of sp³-hybridized carbons (Fsp3) is 0.130. The number of nitro groups is 1. The van der Waals surface area contributed by atoms with Gasteiger partial charge in [0.25, 0.3) is 11.4 Å². The van der Waals surface area contributed by atoms with Crippen molar-refractivity contribution in [1.82, 2.24) is 0 Å². The minimum Gasteiger partial charge on any atom is -0.502 e. The Morgan fingerprint density at radius 2 is 1.73 bits per heavy atom. The number of benzene rings is 2. The number of thiocarbonyl (C=S) groups is 1. The second-order valence-corrected chi connectivity index (χ2v) is 7.43. The Bertz CT molecular complexity index is 1090. The van der Waals surface area contributed by atoms with Gasteiger partial charge >= 0.3 is 0 Å². The van der Waals surface area contributed by atoms with Crippen LogP contribution in [0.25, 0.3) is 11.5 Å². The number of rotatable bonds is 6. The lowest BCUT2D eigenvalue weighted by atomic mass is 10.0. The largest absolute Gasteiger partial charge is 0.502 e. The molecule has 3 rings (SSSR count). The molecule has 152 valence electrons. The molecule has 0 amide bonds. The molecule has 1 heterocycles. The van der Waals surface area contributed by atoms with Gasteiger partial charge in [-0.2, -0.15) is 4.57 Å². The van der Waals surface area contributed by atoms with E-state index in [4.69, 9.17) is 12.2 Å². The summed E-state index contributed by atoms with van der Waals surface area (Å²) in [6.07, 6.45) is 3.50. The third-order valence-electron chi connectivity index (χ3n) is 4.58. The second kappa shape index (κ2) is 9.28. The van der Waals surface area contributed by atoms with Crippen LogP contribution in [-0.2, 0) is 0 Å². The maximum Gasteiger partial charge on any atom is 0.288 e. The van der Waals surface area contributed by atoms with Gasteiger partial charge in [0.15, 0.2) is 23.1 Å². The Kier molecular flexibility index (Phi) is 6.54. The lowest BCUT2D eigenvalue weighted by Gasteiger charge is -2.11. The van der Waals surface area contributed by atoms with E-state index >= 15 is 0 Å². The first kappa shape index (κ1) is 21.1. The van der Waals surface area contributed by atoms with Crippen molar-refractivity contribution in [2.24, 2.45) is 0 Å². The van der Waals surface area contributed by atoms with E-state index in [2.05, 4.69) is 19.2 Å². The quantitative estimate of drug-likeness (QED) is 0.141. The number of aromatic nitrogens is 1. The van der Waals surface area contributed by atoms with Gasteiger partial charge in [0, 0.05) is 35.5 Å². The molecule has 0 saturated heterocycles. The minimum atomic E-state index is -0.501. The first-order chi connectivity index (χ1) is 14.4. The average molecular weight is 421 g/mol. The number of nitrogens with zero attached hydrogens (tertiary/aromatic N) is 2. The Morgan fingerprint density at radius 1 is 1.07 bits per heavy atom. The van der Waals surface area contributed by atoms with E-state index in [-0.39, 0.29) is 16.4 Å². The van der Waals surface area contributed by atoms with Crippen molar-refractivity contribution in [1.29, 1.82) is 0 Å². The van der Waals surface area contributed by atoms with Gasteiger partial charge in [-0.05, 0) is 23.6 Å². The zero-order valence-electron chi connectivity index (χ0n) is 16.6. The van der Waals surface area contributed by atoms with Crippen LogP contribution in [0.1, 0.15) is 30.9 Å². The monoisotopic (exact) mass is 420 g/mol. The van der Waals surface area contributed by atoms with Crippen molar-refractivity contribution in [3.05, 3.63) is 100 Å². The number of pyridine rings is 1. The number of hydrogen-bond acceptors (Lipinski definition) is 4. The molecular weight excluding hydrogens is 398 g/mol. The van der Waals surface area contributed by atoms with E-state index in [9.17, 15) is 15.2 Å². The molecule has 7 heteroatoms. The molecule has 0 saturated carbocycles. The third-order valence-corrected chi connectivity index (χ3v) is 4.87. The van der Waals surface area contributed by atoms with Crippen LogP contribution in [0, 0.1) is 10.1 Å². The summed E-state index contributed by atoms with van der Waals surface area (Å²) in [6.45, 7) is 4.24. The van der Waals surface area contributed by atoms with Gasteiger partial charge < -0.3 is 10.4 Å². The van der Waals surface area contributed by atoms with Gasteiger partial charge in [-0.15, -0.1) is 0 Å². The summed E-state index contributed by atoms with van der Waals surface area (Å²) in [7, 11) is 0. The number of aliphatic hydroxyl groups is 1. The number of non-ortho nitro benzene ring substituents is 1. The van der Waals surface area contributed by atoms with Crippen LogP contribution in [0.15, 0.2) is 79.1 Å². The number of anilines is 1. The van der Waals surface area contributed by atoms with Crippen LogP contribution >= 0.6 is 12.2 Å². The van der Waals surface area contributed by atoms with Crippen molar-refractivity contribution in [3.8, 4) is 0 Å². The van der Waals surface area contributed by atoms with Gasteiger partial charge in [-0.25, -0.2) is 0 Å². The van der Waals surface area contributed by atoms with E-state index in [0.717, 1.165) is 5.69 Å². The molecule has 2 aromatic carbocycles. The molecule has 0 unspecified atom stereocenters. The molecule has 1 aromatic heterocycles. The Hall–Kier alpha value is -3.58. The summed E-state index contributed by atoms with van der Waals surface area (Å²) in [5, 5.41) is 25.3. The van der Waals surface area contributed by atoms with E-state index < -0.39 is 4.92 Å². The molecule has 0 atom stereocenters. The van der Waals surface area contributed by atoms with Crippen LogP contribution in [0.5, 0.6) is 0 Å². The molecule has 0 fully saturated rings. The molecule has 0 aliphatic rings. The molecule has 0 spiro atoms. The van der Waals surface area contributed by atoms with Crippen LogP contribution in [0.3, 0.4) is 0 Å². The average Bonchev–Trinajstić information content (AvgIpc) is 2.75. The number of aliphatic hydroxyl groups excluding tert-OH is 1. The van der Waals surface area contributed by atoms with Crippen LogP contribution < -0.4 is 9.88 Å². The van der Waals surface area contributed by atoms with E-state index in [1.807, 2.05) is 30.3 Å². The first-order valence-corrected chi connectivity index (χ1v) is 9.83. The summed E-state index contributed by atoms with van der Waals surface area (Å²) in [6, 6.07) is 19.2. The zero-order valence-corrected chi connectivity index (χ0v) is 17.5. The van der Waals surface area contributed by atoms with Crippen molar-refractivity contribution < 1.29 is 14.6 Å². The molecule has 6 nitrogen and oxygen atoms in total. The Balaban J connectivity index is 2.02. The van der Waals surface area contributed by atoms with Crippen LogP contribution in [0.2, 0.25) is 0 Å². The van der Waals surface area contributed by atoms with Crippen LogP contribution in [0.4, 0.5) is 11.4 Å². The van der Waals surface area contributed by atoms with Crippen molar-refractivity contribution in [2.45, 2.75) is 19.8 Å². The summed E-state index contributed by atoms with van der Waals surface area (Å²) in [5.74, 6) is 0.255. The van der Waals surface area contributed by atoms with Gasteiger partial charge in [0.2, 0.25) is 0 Å². The highest BCUT2D eigenvalue weighted by molar-refractivity contribution is 7.81. The molecule has 3 aromatic rings. The highest BCUT2D eigenvalue weighted by Crippen LogP contribution is 2.23. The Labute approximate surface area is 180 Å². The van der Waals surface area contributed by atoms with E-state index in [1.54, 1.807) is 35.2 Å². The summed E-state index contributed by atoms with van der Waals surface area (Å²) in [5.41, 5.74) is 2.50. The van der Waals surface area contributed by atoms with Gasteiger partial charge in [0.05, 0.1) is 4.92 Å². The molecule has 30 heavy (non-hydrogen) atoms. The SMILES string of the molecule is CC(C)c1ccc(NC(=S)/C(=C(/O)c2cccc([N+](=O)[O-])c2)[n+]2ccccc2)cc1. The van der Waals surface area contributed by atoms with Crippen LogP contribution in [-0.4, -0.2) is 15.0 Å². The summed E-state index contributed by atoms with van der Waals surface area (Å²) >= 11 is 5.60. The maximum atomic E-state index is 11.1. The minimum absolute atomic E-state index is 0.111. The van der Waals surface area contributed by atoms with E-state index in [0.29, 0.717) is 17.2 Å². The predicted octanol–water partition coefficient (Wildman–Crippen LogP) is 5.33. The van der Waals surface area contributed by atoms with Crippen molar-refractivity contribution in [3.63, 3.8) is 0 Å². The maximum absolute atomic E-state index is 11.1. The number of hydrogen-bond donors (Lipinski definition) is 2. The molecule has 0 aliphatic carbocycles. The van der Waals surface area contributed by atoms with Crippen molar-refractivity contribution >= 4 is 40.0 Å². The predicted molar refractivity (Wildman–Crippen MR) is 122 cm³/mol. The van der Waals surface area contributed by atoms with Gasteiger partial charge in [-0.3, -0.25) is 10.1 Å². The first-order valence-electron chi connectivity index (χ1n) is 9.43. The zero-order chi connectivity index (χ0) is 21.7. The normalized spacial score (nSPS) is 11.7. The molecule has 0 radical (unpaired) electrons. The number of nitro benzene ring substituents is 1. The fourth-order valence-corrected chi connectivity index (χ4v) is 3.26. The van der Waals surface area contributed by atoms with E-state index in [1.165, 1.54) is 23.8 Å². The molecule has 0 aliphatic heterocycles. The molecule has 0 bridgehead atoms. The lowest BCUT2D eigenvalue weighted by Crippen LogP contribution is -2.38. The smallest absolute Gasteiger partial charge is 0.288 e.